The number of nitrogens with one attached hydrogen (secondary N) is 1. The Morgan fingerprint density at radius 1 is 1.12 bits per heavy atom. The molecule has 1 aliphatic heterocycles. The summed E-state index contributed by atoms with van der Waals surface area (Å²) in [4.78, 5) is 16.5. The number of anilines is 2. The van der Waals surface area contributed by atoms with Crippen LogP contribution in [0.4, 0.5) is 11.4 Å². The Bertz CT molecular complexity index is 713. The fourth-order valence-electron chi connectivity index (χ4n) is 2.98. The first-order valence-corrected chi connectivity index (χ1v) is 9.13. The molecule has 138 valence electrons. The van der Waals surface area contributed by atoms with Gasteiger partial charge >= 0.3 is 0 Å². The van der Waals surface area contributed by atoms with Gasteiger partial charge in [-0.2, -0.15) is 0 Å². The lowest BCUT2D eigenvalue weighted by Gasteiger charge is -2.28. The molecule has 0 aromatic heterocycles. The minimum Gasteiger partial charge on any atom is -0.378 e. The largest absolute Gasteiger partial charge is 0.378 e. The number of halogens is 1. The van der Waals surface area contributed by atoms with Gasteiger partial charge in [0.1, 0.15) is 0 Å². The molecule has 1 heterocycles. The molecule has 2 aromatic rings. The Hall–Kier alpha value is -2.08. The fraction of sp³-hybridized carbons (Fsp3) is 0.350. The van der Waals surface area contributed by atoms with Crippen molar-refractivity contribution < 1.29 is 9.53 Å². The van der Waals surface area contributed by atoms with Gasteiger partial charge < -0.3 is 15.0 Å². The van der Waals surface area contributed by atoms with Gasteiger partial charge in [0.2, 0.25) is 5.91 Å². The van der Waals surface area contributed by atoms with E-state index in [0.29, 0.717) is 13.1 Å². The molecule has 0 aliphatic carbocycles. The van der Waals surface area contributed by atoms with Gasteiger partial charge in [0.25, 0.3) is 0 Å². The molecule has 0 atom stereocenters. The van der Waals surface area contributed by atoms with Gasteiger partial charge in [-0.3, -0.25) is 9.69 Å². The molecule has 0 unspecified atom stereocenters. The van der Waals surface area contributed by atoms with E-state index in [-0.39, 0.29) is 5.91 Å². The van der Waals surface area contributed by atoms with Crippen LogP contribution in [0.15, 0.2) is 48.5 Å². The number of likely N-dealkylation sites (N-methyl/N-ethyl adjacent to an activating group) is 1. The van der Waals surface area contributed by atoms with E-state index in [4.69, 9.17) is 16.3 Å². The molecule has 3 rings (SSSR count). The van der Waals surface area contributed by atoms with Crippen molar-refractivity contribution in [2.75, 3.05) is 50.1 Å². The van der Waals surface area contributed by atoms with Crippen molar-refractivity contribution in [3.8, 4) is 0 Å². The van der Waals surface area contributed by atoms with E-state index >= 15 is 0 Å². The molecule has 2 aromatic carbocycles. The normalized spacial score (nSPS) is 14.5. The molecule has 1 N–H and O–H groups in total. The van der Waals surface area contributed by atoms with Gasteiger partial charge in [-0.1, -0.05) is 23.7 Å². The number of carbonyl (C=O) groups is 1. The average Bonchev–Trinajstić information content (AvgIpc) is 2.65. The first-order chi connectivity index (χ1) is 12.6. The van der Waals surface area contributed by atoms with Crippen LogP contribution < -0.4 is 10.2 Å². The van der Waals surface area contributed by atoms with E-state index in [1.54, 1.807) is 0 Å². The van der Waals surface area contributed by atoms with Crippen molar-refractivity contribution in [1.29, 1.82) is 0 Å². The van der Waals surface area contributed by atoms with Crippen molar-refractivity contribution in [2.45, 2.75) is 6.54 Å². The number of carbonyl (C=O) groups excluding carboxylic acids is 1. The van der Waals surface area contributed by atoms with E-state index in [2.05, 4.69) is 10.2 Å². The number of nitrogens with zero attached hydrogens (tertiary/aromatic N) is 2. The Kier molecular flexibility index (Phi) is 6.50. The summed E-state index contributed by atoms with van der Waals surface area (Å²) in [5, 5.41) is 3.67. The first-order valence-electron chi connectivity index (χ1n) is 8.76. The van der Waals surface area contributed by atoms with Crippen molar-refractivity contribution in [2.24, 2.45) is 0 Å². The van der Waals surface area contributed by atoms with Crippen LogP contribution in [-0.2, 0) is 16.1 Å². The van der Waals surface area contributed by atoms with Crippen LogP contribution in [-0.4, -0.2) is 50.7 Å². The van der Waals surface area contributed by atoms with Crippen molar-refractivity contribution in [3.63, 3.8) is 0 Å². The summed E-state index contributed by atoms with van der Waals surface area (Å²) in [5.74, 6) is -0.0272. The summed E-state index contributed by atoms with van der Waals surface area (Å²) in [6.07, 6.45) is 0. The number of hydrogen-bond donors (Lipinski definition) is 1. The fourth-order valence-corrected chi connectivity index (χ4v) is 3.11. The SMILES string of the molecule is CN(CC(=O)Nc1ccc(N2CCOCC2)cc1)Cc1ccc(Cl)cc1. The lowest BCUT2D eigenvalue weighted by molar-refractivity contribution is -0.117. The summed E-state index contributed by atoms with van der Waals surface area (Å²) < 4.78 is 5.37. The minimum absolute atomic E-state index is 0.0272. The minimum atomic E-state index is -0.0272. The lowest BCUT2D eigenvalue weighted by atomic mass is 10.2. The summed E-state index contributed by atoms with van der Waals surface area (Å²) >= 11 is 5.90. The molecule has 0 saturated carbocycles. The highest BCUT2D eigenvalue weighted by Crippen LogP contribution is 2.19. The van der Waals surface area contributed by atoms with E-state index in [1.165, 1.54) is 0 Å². The summed E-state index contributed by atoms with van der Waals surface area (Å²) in [5.41, 5.74) is 3.10. The maximum absolute atomic E-state index is 12.3. The average molecular weight is 374 g/mol. The zero-order valence-corrected chi connectivity index (χ0v) is 15.7. The van der Waals surface area contributed by atoms with Gasteiger partial charge in [-0.15, -0.1) is 0 Å². The molecule has 5 nitrogen and oxygen atoms in total. The van der Waals surface area contributed by atoms with Crippen molar-refractivity contribution in [1.82, 2.24) is 4.90 Å². The molecule has 1 fully saturated rings. The maximum atomic E-state index is 12.3. The zero-order chi connectivity index (χ0) is 18.4. The third-order valence-corrected chi connectivity index (χ3v) is 4.56. The van der Waals surface area contributed by atoms with Gasteiger partial charge in [-0.25, -0.2) is 0 Å². The monoisotopic (exact) mass is 373 g/mol. The smallest absolute Gasteiger partial charge is 0.238 e. The lowest BCUT2D eigenvalue weighted by Crippen LogP contribution is -2.36. The van der Waals surface area contributed by atoms with Gasteiger partial charge in [0.15, 0.2) is 0 Å². The second-order valence-electron chi connectivity index (χ2n) is 6.49. The highest BCUT2D eigenvalue weighted by molar-refractivity contribution is 6.30. The molecule has 0 spiro atoms. The number of ether oxygens (including phenoxy) is 1. The van der Waals surface area contributed by atoms with Gasteiger partial charge in [0, 0.05) is 36.0 Å². The molecular weight excluding hydrogens is 350 g/mol. The number of amides is 1. The van der Waals surface area contributed by atoms with Crippen LogP contribution in [0.1, 0.15) is 5.56 Å². The summed E-state index contributed by atoms with van der Waals surface area (Å²) in [6, 6.07) is 15.6. The highest BCUT2D eigenvalue weighted by atomic mass is 35.5. The molecule has 0 bridgehead atoms. The van der Waals surface area contributed by atoms with Crippen LogP contribution in [0.3, 0.4) is 0 Å². The molecule has 1 amide bonds. The van der Waals surface area contributed by atoms with Crippen LogP contribution in [0, 0.1) is 0 Å². The number of hydrogen-bond acceptors (Lipinski definition) is 4. The molecule has 6 heteroatoms. The predicted octanol–water partition coefficient (Wildman–Crippen LogP) is 3.25. The Balaban J connectivity index is 1.48. The summed E-state index contributed by atoms with van der Waals surface area (Å²) in [6.45, 7) is 4.35. The van der Waals surface area contributed by atoms with Gasteiger partial charge in [-0.05, 0) is 49.0 Å². The Morgan fingerprint density at radius 2 is 1.77 bits per heavy atom. The molecule has 1 saturated heterocycles. The Labute approximate surface area is 159 Å². The van der Waals surface area contributed by atoms with Crippen molar-refractivity contribution >= 4 is 28.9 Å². The van der Waals surface area contributed by atoms with E-state index in [0.717, 1.165) is 48.3 Å². The van der Waals surface area contributed by atoms with Gasteiger partial charge in [0.05, 0.1) is 19.8 Å². The molecule has 26 heavy (non-hydrogen) atoms. The number of rotatable bonds is 6. The first kappa shape index (κ1) is 18.7. The highest BCUT2D eigenvalue weighted by Gasteiger charge is 2.12. The van der Waals surface area contributed by atoms with E-state index in [1.807, 2.05) is 60.5 Å². The third kappa shape index (κ3) is 5.46. The second kappa shape index (κ2) is 9.03. The second-order valence-corrected chi connectivity index (χ2v) is 6.93. The van der Waals surface area contributed by atoms with Crippen LogP contribution in [0.25, 0.3) is 0 Å². The summed E-state index contributed by atoms with van der Waals surface area (Å²) in [7, 11) is 1.93. The third-order valence-electron chi connectivity index (χ3n) is 4.31. The van der Waals surface area contributed by atoms with Crippen LogP contribution >= 0.6 is 11.6 Å². The number of benzene rings is 2. The van der Waals surface area contributed by atoms with E-state index < -0.39 is 0 Å². The van der Waals surface area contributed by atoms with E-state index in [9.17, 15) is 4.79 Å². The quantitative estimate of drug-likeness (QED) is 0.844. The number of morpholine rings is 1. The predicted molar refractivity (Wildman–Crippen MR) is 106 cm³/mol. The maximum Gasteiger partial charge on any atom is 0.238 e. The van der Waals surface area contributed by atoms with Crippen LogP contribution in [0.2, 0.25) is 5.02 Å². The van der Waals surface area contributed by atoms with Crippen molar-refractivity contribution in [3.05, 3.63) is 59.1 Å². The molecule has 1 aliphatic rings. The molecular formula is C20H24ClN3O2. The molecule has 0 radical (unpaired) electrons. The topological polar surface area (TPSA) is 44.8 Å². The van der Waals surface area contributed by atoms with Crippen LogP contribution in [0.5, 0.6) is 0 Å². The zero-order valence-electron chi connectivity index (χ0n) is 15.0. The Morgan fingerprint density at radius 3 is 2.42 bits per heavy atom. The standard InChI is InChI=1S/C20H24ClN3O2/c1-23(14-16-2-4-17(21)5-3-16)15-20(25)22-18-6-8-19(9-7-18)24-10-12-26-13-11-24/h2-9H,10-15H2,1H3,(H,22,25).